The van der Waals surface area contributed by atoms with Gasteiger partial charge in [-0.15, -0.1) is 0 Å². The van der Waals surface area contributed by atoms with Gasteiger partial charge in [-0.25, -0.2) is 9.97 Å². The van der Waals surface area contributed by atoms with Gasteiger partial charge in [0.1, 0.15) is 6.33 Å². The van der Waals surface area contributed by atoms with Crippen molar-refractivity contribution >= 4 is 10.8 Å². The van der Waals surface area contributed by atoms with Crippen LogP contribution < -0.4 is 0 Å². The molecule has 19 heavy (non-hydrogen) atoms. The summed E-state index contributed by atoms with van der Waals surface area (Å²) in [6, 6.07) is 16.7. The van der Waals surface area contributed by atoms with E-state index >= 15 is 0 Å². The van der Waals surface area contributed by atoms with E-state index in [4.69, 9.17) is 0 Å². The van der Waals surface area contributed by atoms with Gasteiger partial charge in [-0.3, -0.25) is 0 Å². The highest BCUT2D eigenvalue weighted by molar-refractivity contribution is 5.86. The molecular formula is C17H18N2. The minimum atomic E-state index is 0.975. The van der Waals surface area contributed by atoms with Gasteiger partial charge in [-0.05, 0) is 29.8 Å². The third-order valence-corrected chi connectivity index (χ3v) is 2.85. The first-order chi connectivity index (χ1) is 9.33. The van der Waals surface area contributed by atoms with Crippen LogP contribution in [0, 0.1) is 6.92 Å². The van der Waals surface area contributed by atoms with Crippen molar-refractivity contribution in [3.63, 3.8) is 0 Å². The number of hydrogen-bond acceptors (Lipinski definition) is 2. The number of aryl methyl sites for hydroxylation is 1. The molecule has 0 aliphatic rings. The Bertz CT molecular complexity index is 675. The lowest BCUT2D eigenvalue weighted by molar-refractivity contribution is 1.11. The highest BCUT2D eigenvalue weighted by atomic mass is 14.8. The van der Waals surface area contributed by atoms with Crippen molar-refractivity contribution in [3.05, 3.63) is 60.6 Å². The van der Waals surface area contributed by atoms with Crippen molar-refractivity contribution in [2.24, 2.45) is 0 Å². The lowest BCUT2D eigenvalue weighted by atomic mass is 10.0. The summed E-state index contributed by atoms with van der Waals surface area (Å²) < 4.78 is 0. The Morgan fingerprint density at radius 1 is 0.789 bits per heavy atom. The smallest absolute Gasteiger partial charge is 0.116 e. The van der Waals surface area contributed by atoms with Crippen LogP contribution in [-0.2, 0) is 0 Å². The molecule has 0 bridgehead atoms. The third kappa shape index (κ3) is 2.97. The molecule has 0 N–H and O–H groups in total. The summed E-state index contributed by atoms with van der Waals surface area (Å²) in [7, 11) is 0. The lowest BCUT2D eigenvalue weighted by Gasteiger charge is -2.03. The zero-order valence-electron chi connectivity index (χ0n) is 11.6. The lowest BCUT2D eigenvalue weighted by Crippen LogP contribution is -1.87. The standard InChI is InChI=1S/C15H12N2.C2H6/c1-11-8-15(17-10-16-11)14-7-6-12-4-2-3-5-13(12)9-14;1-2/h2-10H,1H3;1-2H3. The molecule has 2 aromatic carbocycles. The van der Waals surface area contributed by atoms with Crippen LogP contribution in [0.5, 0.6) is 0 Å². The van der Waals surface area contributed by atoms with Crippen LogP contribution in [0.2, 0.25) is 0 Å². The van der Waals surface area contributed by atoms with Gasteiger partial charge in [-0.2, -0.15) is 0 Å². The molecule has 2 heteroatoms. The summed E-state index contributed by atoms with van der Waals surface area (Å²) in [5.41, 5.74) is 3.10. The maximum atomic E-state index is 4.31. The van der Waals surface area contributed by atoms with Crippen LogP contribution >= 0.6 is 0 Å². The molecule has 0 unspecified atom stereocenters. The van der Waals surface area contributed by atoms with Gasteiger partial charge in [0.15, 0.2) is 0 Å². The summed E-state index contributed by atoms with van der Waals surface area (Å²) >= 11 is 0. The Kier molecular flexibility index (Phi) is 4.24. The summed E-state index contributed by atoms with van der Waals surface area (Å²) in [6.07, 6.45) is 1.61. The Balaban J connectivity index is 0.000000637. The van der Waals surface area contributed by atoms with E-state index in [1.165, 1.54) is 10.8 Å². The summed E-state index contributed by atoms with van der Waals surface area (Å²) in [5, 5.41) is 2.49. The predicted octanol–water partition coefficient (Wildman–Crippen LogP) is 4.63. The van der Waals surface area contributed by atoms with Crippen LogP contribution in [0.4, 0.5) is 0 Å². The number of benzene rings is 2. The second-order valence-electron chi connectivity index (χ2n) is 4.11. The fraction of sp³-hybridized carbons (Fsp3) is 0.176. The Hall–Kier alpha value is -2.22. The van der Waals surface area contributed by atoms with E-state index in [-0.39, 0.29) is 0 Å². The zero-order valence-corrected chi connectivity index (χ0v) is 11.6. The fourth-order valence-electron chi connectivity index (χ4n) is 1.96. The van der Waals surface area contributed by atoms with E-state index in [9.17, 15) is 0 Å². The van der Waals surface area contributed by atoms with E-state index in [1.807, 2.05) is 26.8 Å². The average molecular weight is 250 g/mol. The van der Waals surface area contributed by atoms with Crippen molar-refractivity contribution < 1.29 is 0 Å². The van der Waals surface area contributed by atoms with E-state index in [1.54, 1.807) is 6.33 Å². The normalized spacial score (nSPS) is 9.84. The van der Waals surface area contributed by atoms with Crippen molar-refractivity contribution in [2.45, 2.75) is 20.8 Å². The summed E-state index contributed by atoms with van der Waals surface area (Å²) in [4.78, 5) is 8.42. The minimum absolute atomic E-state index is 0.975. The Morgan fingerprint density at radius 3 is 2.26 bits per heavy atom. The largest absolute Gasteiger partial charge is 0.242 e. The predicted molar refractivity (Wildman–Crippen MR) is 81.1 cm³/mol. The highest BCUT2D eigenvalue weighted by Gasteiger charge is 2.01. The molecule has 0 fully saturated rings. The number of rotatable bonds is 1. The molecule has 0 saturated heterocycles. The second-order valence-corrected chi connectivity index (χ2v) is 4.11. The van der Waals surface area contributed by atoms with Crippen molar-refractivity contribution in [1.82, 2.24) is 9.97 Å². The van der Waals surface area contributed by atoms with Crippen molar-refractivity contribution in [1.29, 1.82) is 0 Å². The molecule has 0 spiro atoms. The SMILES string of the molecule is CC.Cc1cc(-c2ccc3ccccc3c2)ncn1. The number of fused-ring (bicyclic) bond motifs is 1. The topological polar surface area (TPSA) is 25.8 Å². The fourth-order valence-corrected chi connectivity index (χ4v) is 1.96. The molecule has 0 radical (unpaired) electrons. The molecule has 1 aromatic heterocycles. The first-order valence-corrected chi connectivity index (χ1v) is 6.61. The average Bonchev–Trinajstić information content (AvgIpc) is 2.49. The minimum Gasteiger partial charge on any atom is -0.242 e. The second kappa shape index (κ2) is 6.10. The highest BCUT2D eigenvalue weighted by Crippen LogP contribution is 2.22. The van der Waals surface area contributed by atoms with E-state index < -0.39 is 0 Å². The molecule has 3 rings (SSSR count). The van der Waals surface area contributed by atoms with Crippen LogP contribution in [0.15, 0.2) is 54.9 Å². The maximum absolute atomic E-state index is 4.31. The van der Waals surface area contributed by atoms with E-state index in [2.05, 4.69) is 52.4 Å². The molecule has 2 nitrogen and oxygen atoms in total. The van der Waals surface area contributed by atoms with Crippen LogP contribution in [0.25, 0.3) is 22.0 Å². The number of aromatic nitrogens is 2. The first-order valence-electron chi connectivity index (χ1n) is 6.61. The van der Waals surface area contributed by atoms with Crippen LogP contribution in [0.3, 0.4) is 0 Å². The molecule has 0 saturated carbocycles. The maximum Gasteiger partial charge on any atom is 0.116 e. The summed E-state index contributed by atoms with van der Waals surface area (Å²) in [6.45, 7) is 5.98. The summed E-state index contributed by atoms with van der Waals surface area (Å²) in [5.74, 6) is 0. The number of nitrogens with zero attached hydrogens (tertiary/aromatic N) is 2. The van der Waals surface area contributed by atoms with Crippen LogP contribution in [0.1, 0.15) is 19.5 Å². The van der Waals surface area contributed by atoms with Crippen LogP contribution in [-0.4, -0.2) is 9.97 Å². The molecule has 0 amide bonds. The number of hydrogen-bond donors (Lipinski definition) is 0. The van der Waals surface area contributed by atoms with Gasteiger partial charge in [0.2, 0.25) is 0 Å². The Labute approximate surface area is 114 Å². The van der Waals surface area contributed by atoms with Gasteiger partial charge in [-0.1, -0.05) is 50.2 Å². The third-order valence-electron chi connectivity index (χ3n) is 2.85. The monoisotopic (exact) mass is 250 g/mol. The van der Waals surface area contributed by atoms with Gasteiger partial charge in [0.25, 0.3) is 0 Å². The quantitative estimate of drug-likeness (QED) is 0.629. The van der Waals surface area contributed by atoms with E-state index in [0.717, 1.165) is 17.0 Å². The van der Waals surface area contributed by atoms with Gasteiger partial charge >= 0.3 is 0 Å². The first kappa shape index (κ1) is 13.2. The van der Waals surface area contributed by atoms with Gasteiger partial charge in [0, 0.05) is 11.3 Å². The van der Waals surface area contributed by atoms with Gasteiger partial charge in [0.05, 0.1) is 5.69 Å². The zero-order chi connectivity index (χ0) is 13.7. The van der Waals surface area contributed by atoms with E-state index in [0.29, 0.717) is 0 Å². The molecule has 0 aliphatic carbocycles. The molecule has 96 valence electrons. The Morgan fingerprint density at radius 2 is 1.53 bits per heavy atom. The van der Waals surface area contributed by atoms with Gasteiger partial charge < -0.3 is 0 Å². The molecular weight excluding hydrogens is 232 g/mol. The molecule has 0 aliphatic heterocycles. The molecule has 3 aromatic rings. The van der Waals surface area contributed by atoms with Crippen molar-refractivity contribution in [2.75, 3.05) is 0 Å². The molecule has 1 heterocycles. The van der Waals surface area contributed by atoms with Crippen molar-refractivity contribution in [3.8, 4) is 11.3 Å². The molecule has 0 atom stereocenters.